The fourth-order valence-electron chi connectivity index (χ4n) is 3.87. The van der Waals surface area contributed by atoms with Crippen molar-refractivity contribution < 1.29 is 39.2 Å². The minimum absolute atomic E-state index is 0.0534. The molecule has 1 unspecified atom stereocenters. The molecular weight excluding hydrogens is 561 g/mol. The summed E-state index contributed by atoms with van der Waals surface area (Å²) in [4.78, 5) is 20.0. The molecule has 1 aliphatic rings. The maximum absolute atomic E-state index is 13.1. The number of carbonyl (C=O) groups is 1. The molecule has 4 aromatic rings. The predicted molar refractivity (Wildman–Crippen MR) is 133 cm³/mol. The number of anilines is 1. The van der Waals surface area contributed by atoms with E-state index in [4.69, 9.17) is 4.42 Å². The van der Waals surface area contributed by atoms with Gasteiger partial charge in [-0.3, -0.25) is 4.79 Å². The van der Waals surface area contributed by atoms with Crippen molar-refractivity contribution in [3.8, 4) is 11.6 Å². The first-order valence-electron chi connectivity index (χ1n) is 11.2. The molecule has 0 radical (unpaired) electrons. The number of hydrogen-bond acceptors (Lipinski definition) is 9. The molecule has 39 heavy (non-hydrogen) atoms. The van der Waals surface area contributed by atoms with Crippen LogP contribution < -0.4 is 5.01 Å². The van der Waals surface area contributed by atoms with Gasteiger partial charge < -0.3 is 4.42 Å². The van der Waals surface area contributed by atoms with E-state index in [0.717, 1.165) is 11.1 Å². The first kappa shape index (κ1) is 26.5. The number of aromatic nitrogens is 2. The molecule has 10 nitrogen and oxygen atoms in total. The Morgan fingerprint density at radius 2 is 1.69 bits per heavy atom. The lowest BCUT2D eigenvalue weighted by Crippen LogP contribution is -2.26. The van der Waals surface area contributed by atoms with Crippen LogP contribution in [0.3, 0.4) is 0 Å². The smallest absolute Gasteiger partial charge is 0.435 e. The Labute approximate surface area is 219 Å². The number of benzene rings is 2. The van der Waals surface area contributed by atoms with Gasteiger partial charge in [0.15, 0.2) is 21.2 Å². The molecule has 2 aromatic heterocycles. The molecule has 0 N–H and O–H groups in total. The lowest BCUT2D eigenvalue weighted by Gasteiger charge is -2.15. The Hall–Kier alpha value is -4.11. The van der Waals surface area contributed by atoms with Gasteiger partial charge in [0.2, 0.25) is 5.89 Å². The minimum atomic E-state index is -5.66. The first-order chi connectivity index (χ1) is 18.3. The van der Waals surface area contributed by atoms with E-state index in [0.29, 0.717) is 17.7 Å². The van der Waals surface area contributed by atoms with Crippen molar-refractivity contribution in [1.29, 1.82) is 0 Å². The summed E-state index contributed by atoms with van der Waals surface area (Å²) >= 11 is 0. The van der Waals surface area contributed by atoms with E-state index < -0.39 is 47.8 Å². The second kappa shape index (κ2) is 9.27. The third kappa shape index (κ3) is 4.57. The van der Waals surface area contributed by atoms with Gasteiger partial charge in [0, 0.05) is 6.21 Å². The Bertz CT molecular complexity index is 1850. The summed E-state index contributed by atoms with van der Waals surface area (Å²) in [5.74, 6) is -1.94. The predicted octanol–water partition coefficient (Wildman–Crippen LogP) is 4.09. The molecule has 0 aliphatic carbocycles. The summed E-state index contributed by atoms with van der Waals surface area (Å²) in [7, 11) is -9.59. The van der Waals surface area contributed by atoms with E-state index >= 15 is 0 Å². The van der Waals surface area contributed by atoms with Crippen molar-refractivity contribution in [2.45, 2.75) is 28.1 Å². The van der Waals surface area contributed by atoms with Crippen molar-refractivity contribution in [2.75, 3.05) is 10.8 Å². The van der Waals surface area contributed by atoms with Gasteiger partial charge in [-0.25, -0.2) is 26.8 Å². The number of carbonyl (C=O) groups excluding carboxylic acids is 1. The second-order valence-electron chi connectivity index (χ2n) is 8.32. The van der Waals surface area contributed by atoms with Gasteiger partial charge in [0.1, 0.15) is 17.1 Å². The number of pyridine rings is 1. The number of rotatable bonds is 6. The third-order valence-corrected chi connectivity index (χ3v) is 9.16. The van der Waals surface area contributed by atoms with Crippen molar-refractivity contribution in [3.05, 3.63) is 66.2 Å². The lowest BCUT2D eigenvalue weighted by atomic mass is 10.0. The number of fused-ring (bicyclic) bond motifs is 1. The van der Waals surface area contributed by atoms with Gasteiger partial charge in [0.05, 0.1) is 15.5 Å². The molecule has 1 atom stereocenters. The zero-order valence-corrected chi connectivity index (χ0v) is 21.5. The maximum atomic E-state index is 13.1. The Balaban J connectivity index is 1.61. The summed E-state index contributed by atoms with van der Waals surface area (Å²) in [6, 6.07) is 13.6. The number of hydrazone groups is 1. The summed E-state index contributed by atoms with van der Waals surface area (Å²) < 4.78 is 93.9. The van der Waals surface area contributed by atoms with Crippen LogP contribution in [-0.4, -0.2) is 50.2 Å². The SMILES string of the molecule is CCS(=O)(=O)c1ccc(N2N=CC(c3ccccc3)C2=O)nc1-c1nc2cc(S(=O)(=O)C(F)(F)F)ccc2o1. The van der Waals surface area contributed by atoms with E-state index in [1.54, 1.807) is 30.3 Å². The number of oxazole rings is 1. The van der Waals surface area contributed by atoms with Crippen molar-refractivity contribution in [2.24, 2.45) is 5.10 Å². The molecular formula is C24H17F3N4O6S2. The van der Waals surface area contributed by atoms with E-state index in [9.17, 15) is 34.8 Å². The number of amides is 1. The zero-order valence-electron chi connectivity index (χ0n) is 19.8. The van der Waals surface area contributed by atoms with Crippen LogP contribution in [0.25, 0.3) is 22.7 Å². The standard InChI is InChI=1S/C24H17F3N4O6S2/c1-2-38(33,34)19-10-11-20(31-23(32)16(13-28-31)14-6-4-3-5-7-14)30-21(19)22-29-17-12-15(8-9-18(17)37-22)39(35,36)24(25,26)27/h3-13,16H,2H2,1H3. The van der Waals surface area contributed by atoms with E-state index in [1.807, 2.05) is 0 Å². The van der Waals surface area contributed by atoms with Crippen molar-refractivity contribution in [3.63, 3.8) is 0 Å². The van der Waals surface area contributed by atoms with Crippen LogP contribution in [0, 0.1) is 0 Å². The normalized spacial score (nSPS) is 16.4. The van der Waals surface area contributed by atoms with Gasteiger partial charge in [-0.15, -0.1) is 0 Å². The first-order valence-corrected chi connectivity index (χ1v) is 14.4. The fraction of sp³-hybridized carbons (Fsp3) is 0.167. The number of halogens is 3. The van der Waals surface area contributed by atoms with E-state index in [1.165, 1.54) is 25.3 Å². The highest BCUT2D eigenvalue weighted by Gasteiger charge is 2.47. The molecule has 1 amide bonds. The largest absolute Gasteiger partial charge is 0.501 e. The highest BCUT2D eigenvalue weighted by atomic mass is 32.2. The number of sulfone groups is 2. The molecule has 0 saturated heterocycles. The van der Waals surface area contributed by atoms with Crippen molar-refractivity contribution in [1.82, 2.24) is 9.97 Å². The monoisotopic (exact) mass is 578 g/mol. The molecule has 5 rings (SSSR count). The average molecular weight is 579 g/mol. The fourth-order valence-corrected chi connectivity index (χ4v) is 5.66. The Morgan fingerprint density at radius 1 is 0.974 bits per heavy atom. The highest BCUT2D eigenvalue weighted by molar-refractivity contribution is 7.92. The van der Waals surface area contributed by atoms with Crippen LogP contribution in [0.2, 0.25) is 0 Å². The average Bonchev–Trinajstić information content (AvgIpc) is 3.51. The number of alkyl halides is 3. The van der Waals surface area contributed by atoms with Crippen LogP contribution in [0.5, 0.6) is 0 Å². The van der Waals surface area contributed by atoms with Gasteiger partial charge in [-0.2, -0.15) is 23.3 Å². The molecule has 0 saturated carbocycles. The summed E-state index contributed by atoms with van der Waals surface area (Å²) in [6.07, 6.45) is 1.41. The molecule has 2 aromatic carbocycles. The van der Waals surface area contributed by atoms with Gasteiger partial charge in [-0.05, 0) is 35.9 Å². The summed E-state index contributed by atoms with van der Waals surface area (Å²) in [5.41, 5.74) is -5.56. The van der Waals surface area contributed by atoms with Gasteiger partial charge in [0.25, 0.3) is 15.7 Å². The number of hydrogen-bond donors (Lipinski definition) is 0. The molecule has 202 valence electrons. The summed E-state index contributed by atoms with van der Waals surface area (Å²) in [6.45, 7) is 1.39. The van der Waals surface area contributed by atoms with Crippen LogP contribution in [-0.2, 0) is 24.5 Å². The highest BCUT2D eigenvalue weighted by Crippen LogP contribution is 2.35. The number of nitrogens with zero attached hydrogens (tertiary/aromatic N) is 4. The van der Waals surface area contributed by atoms with Crippen molar-refractivity contribution >= 4 is 48.7 Å². The summed E-state index contributed by atoms with van der Waals surface area (Å²) in [5, 5.41) is 5.10. The van der Waals surface area contributed by atoms with Crippen LogP contribution in [0.15, 0.2) is 80.0 Å². The van der Waals surface area contributed by atoms with Crippen LogP contribution in [0.1, 0.15) is 18.4 Å². The lowest BCUT2D eigenvalue weighted by molar-refractivity contribution is -0.118. The zero-order chi connectivity index (χ0) is 28.2. The second-order valence-corrected chi connectivity index (χ2v) is 12.5. The Kier molecular flexibility index (Phi) is 6.30. The van der Waals surface area contributed by atoms with Gasteiger partial charge in [-0.1, -0.05) is 37.3 Å². The van der Waals surface area contributed by atoms with E-state index in [-0.39, 0.29) is 33.3 Å². The molecule has 1 aliphatic heterocycles. The molecule has 0 spiro atoms. The van der Waals surface area contributed by atoms with Gasteiger partial charge >= 0.3 is 5.51 Å². The third-order valence-electron chi connectivity index (χ3n) is 5.92. The van der Waals surface area contributed by atoms with E-state index in [2.05, 4.69) is 15.1 Å². The molecule has 0 bridgehead atoms. The van der Waals surface area contributed by atoms with Crippen LogP contribution in [0.4, 0.5) is 19.0 Å². The van der Waals surface area contributed by atoms with Crippen LogP contribution >= 0.6 is 0 Å². The quantitative estimate of drug-likeness (QED) is 0.333. The minimum Gasteiger partial charge on any atom is -0.435 e. The topological polar surface area (TPSA) is 140 Å². The molecule has 3 heterocycles. The molecule has 0 fully saturated rings. The molecule has 15 heteroatoms. The Morgan fingerprint density at radius 3 is 2.36 bits per heavy atom. The maximum Gasteiger partial charge on any atom is 0.501 e.